The zero-order valence-electron chi connectivity index (χ0n) is 12.9. The Labute approximate surface area is 130 Å². The van der Waals surface area contributed by atoms with Gasteiger partial charge in [-0.1, -0.05) is 0 Å². The zero-order valence-corrected chi connectivity index (χ0v) is 13.7. The Morgan fingerprint density at radius 1 is 1.36 bits per heavy atom. The quantitative estimate of drug-likeness (QED) is 0.849. The van der Waals surface area contributed by atoms with Crippen molar-refractivity contribution in [3.63, 3.8) is 0 Å². The fraction of sp³-hybridized carbons (Fsp3) is 0.714. The summed E-state index contributed by atoms with van der Waals surface area (Å²) in [6.07, 6.45) is 7.96. The van der Waals surface area contributed by atoms with Gasteiger partial charge in [0.05, 0.1) is 12.3 Å². The van der Waals surface area contributed by atoms with Crippen LogP contribution < -0.4 is 4.72 Å². The molecular weight excluding hydrogens is 304 g/mol. The van der Waals surface area contributed by atoms with Crippen LogP contribution in [0.4, 0.5) is 0 Å². The van der Waals surface area contributed by atoms with Crippen molar-refractivity contribution >= 4 is 15.9 Å². The molecule has 0 aromatic carbocycles. The molecule has 0 bridgehead atoms. The van der Waals surface area contributed by atoms with E-state index in [1.165, 1.54) is 0 Å². The highest BCUT2D eigenvalue weighted by Crippen LogP contribution is 2.42. The summed E-state index contributed by atoms with van der Waals surface area (Å²) in [5.74, 6) is 1.04. The van der Waals surface area contributed by atoms with Gasteiger partial charge in [0.2, 0.25) is 15.9 Å². The Morgan fingerprint density at radius 2 is 2.09 bits per heavy atom. The number of nitrogens with one attached hydrogen (secondary N) is 1. The lowest BCUT2D eigenvalue weighted by atomic mass is 9.88. The highest BCUT2D eigenvalue weighted by atomic mass is 32.2. The lowest BCUT2D eigenvalue weighted by Gasteiger charge is -2.41. The third kappa shape index (κ3) is 3.17. The number of sulfonamides is 1. The van der Waals surface area contributed by atoms with Crippen molar-refractivity contribution in [1.82, 2.24) is 19.2 Å². The summed E-state index contributed by atoms with van der Waals surface area (Å²) in [6, 6.07) is 0.137. The van der Waals surface area contributed by atoms with E-state index in [9.17, 15) is 13.2 Å². The van der Waals surface area contributed by atoms with E-state index >= 15 is 0 Å². The number of nitrogens with zero attached hydrogens (tertiary/aromatic N) is 3. The van der Waals surface area contributed by atoms with Crippen LogP contribution in [0.15, 0.2) is 12.4 Å². The van der Waals surface area contributed by atoms with Gasteiger partial charge in [-0.15, -0.1) is 0 Å². The lowest BCUT2D eigenvalue weighted by molar-refractivity contribution is -0.140. The topological polar surface area (TPSA) is 84.3 Å². The number of aromatic nitrogens is 2. The SMILES string of the molecule is Cn1ccnc1[C@@H]1[C@@H](CNS(C)(=O)=O)CCC(=O)N1C1CC1. The van der Waals surface area contributed by atoms with Gasteiger partial charge in [-0.25, -0.2) is 18.1 Å². The monoisotopic (exact) mass is 326 g/mol. The van der Waals surface area contributed by atoms with Crippen molar-refractivity contribution < 1.29 is 13.2 Å². The van der Waals surface area contributed by atoms with E-state index in [0.717, 1.165) is 24.9 Å². The molecule has 22 heavy (non-hydrogen) atoms. The third-order valence-corrected chi connectivity index (χ3v) is 5.13. The molecule has 1 amide bonds. The van der Waals surface area contributed by atoms with Crippen molar-refractivity contribution in [3.8, 4) is 0 Å². The highest BCUT2D eigenvalue weighted by Gasteiger charge is 2.45. The van der Waals surface area contributed by atoms with Crippen LogP contribution in [0.1, 0.15) is 37.5 Å². The zero-order chi connectivity index (χ0) is 15.9. The third-order valence-electron chi connectivity index (χ3n) is 4.43. The van der Waals surface area contributed by atoms with Gasteiger partial charge in [0.1, 0.15) is 5.82 Å². The minimum atomic E-state index is -3.24. The molecule has 1 aromatic rings. The van der Waals surface area contributed by atoms with Crippen LogP contribution >= 0.6 is 0 Å². The number of imidazole rings is 1. The Morgan fingerprint density at radius 3 is 2.64 bits per heavy atom. The highest BCUT2D eigenvalue weighted by molar-refractivity contribution is 7.88. The average molecular weight is 326 g/mol. The number of aryl methyl sites for hydroxylation is 1. The number of carbonyl (C=O) groups excluding carboxylic acids is 1. The summed E-state index contributed by atoms with van der Waals surface area (Å²) in [7, 11) is -1.33. The lowest BCUT2D eigenvalue weighted by Crippen LogP contribution is -2.48. The molecule has 1 saturated carbocycles. The number of rotatable bonds is 5. The summed E-state index contributed by atoms with van der Waals surface area (Å²) in [6.45, 7) is 0.340. The van der Waals surface area contributed by atoms with Gasteiger partial charge in [-0.3, -0.25) is 4.79 Å². The second kappa shape index (κ2) is 5.66. The van der Waals surface area contributed by atoms with E-state index in [2.05, 4.69) is 9.71 Å². The summed E-state index contributed by atoms with van der Waals surface area (Å²) in [4.78, 5) is 18.8. The fourth-order valence-corrected chi connectivity index (χ4v) is 3.75. The van der Waals surface area contributed by atoms with Crippen LogP contribution in [0.5, 0.6) is 0 Å². The van der Waals surface area contributed by atoms with E-state index in [1.807, 2.05) is 22.7 Å². The molecule has 1 aromatic heterocycles. The van der Waals surface area contributed by atoms with Gasteiger partial charge in [0.25, 0.3) is 0 Å². The molecular formula is C14H22N4O3S. The molecule has 0 spiro atoms. The molecule has 8 heteroatoms. The first-order valence-corrected chi connectivity index (χ1v) is 9.49. The molecule has 1 aliphatic heterocycles. The molecule has 1 saturated heterocycles. The Hall–Kier alpha value is -1.41. The molecule has 2 heterocycles. The van der Waals surface area contributed by atoms with E-state index in [1.54, 1.807) is 6.20 Å². The first kappa shape index (κ1) is 15.5. The number of likely N-dealkylation sites (tertiary alicyclic amines) is 1. The van der Waals surface area contributed by atoms with E-state index < -0.39 is 10.0 Å². The molecule has 7 nitrogen and oxygen atoms in total. The number of carbonyl (C=O) groups is 1. The van der Waals surface area contributed by atoms with Crippen LogP contribution in [-0.4, -0.2) is 47.6 Å². The summed E-state index contributed by atoms with van der Waals surface area (Å²) in [5, 5.41) is 0. The molecule has 2 fully saturated rings. The van der Waals surface area contributed by atoms with Gasteiger partial charge in [-0.2, -0.15) is 0 Å². The Kier molecular flexibility index (Phi) is 3.98. The van der Waals surface area contributed by atoms with Gasteiger partial charge in [0, 0.05) is 44.4 Å². The molecule has 0 unspecified atom stereocenters. The van der Waals surface area contributed by atoms with Gasteiger partial charge >= 0.3 is 0 Å². The first-order valence-electron chi connectivity index (χ1n) is 7.60. The average Bonchev–Trinajstić information content (AvgIpc) is 3.18. The molecule has 2 aliphatic rings. The van der Waals surface area contributed by atoms with Crippen LogP contribution in [-0.2, 0) is 21.9 Å². The van der Waals surface area contributed by atoms with Crippen molar-refractivity contribution in [2.45, 2.75) is 37.8 Å². The largest absolute Gasteiger partial charge is 0.336 e. The second-order valence-corrected chi connectivity index (χ2v) is 8.13. The van der Waals surface area contributed by atoms with Crippen LogP contribution in [0.2, 0.25) is 0 Å². The van der Waals surface area contributed by atoms with E-state index in [4.69, 9.17) is 0 Å². The minimum absolute atomic E-state index is 0.0501. The summed E-state index contributed by atoms with van der Waals surface area (Å²) in [5.41, 5.74) is 0. The van der Waals surface area contributed by atoms with Crippen molar-refractivity contribution in [1.29, 1.82) is 0 Å². The molecule has 1 N–H and O–H groups in total. The maximum absolute atomic E-state index is 12.4. The maximum atomic E-state index is 12.4. The first-order chi connectivity index (χ1) is 10.4. The molecule has 2 atom stereocenters. The number of amides is 1. The predicted octanol–water partition coefficient (Wildman–Crippen LogP) is 0.411. The number of hydrogen-bond donors (Lipinski definition) is 1. The smallest absolute Gasteiger partial charge is 0.223 e. The second-order valence-electron chi connectivity index (χ2n) is 6.29. The van der Waals surface area contributed by atoms with Gasteiger partial charge in [0.15, 0.2) is 0 Å². The number of piperidine rings is 1. The van der Waals surface area contributed by atoms with Crippen molar-refractivity contribution in [2.24, 2.45) is 13.0 Å². The summed E-state index contributed by atoms with van der Waals surface area (Å²) >= 11 is 0. The van der Waals surface area contributed by atoms with Gasteiger partial charge in [-0.05, 0) is 19.3 Å². The molecule has 1 aliphatic carbocycles. The van der Waals surface area contributed by atoms with Gasteiger partial charge < -0.3 is 9.47 Å². The molecule has 3 rings (SSSR count). The van der Waals surface area contributed by atoms with Crippen molar-refractivity contribution in [3.05, 3.63) is 18.2 Å². The Bertz CT molecular complexity index is 665. The van der Waals surface area contributed by atoms with E-state index in [0.29, 0.717) is 19.4 Å². The minimum Gasteiger partial charge on any atom is -0.336 e. The van der Waals surface area contributed by atoms with Crippen LogP contribution in [0.25, 0.3) is 0 Å². The number of hydrogen-bond acceptors (Lipinski definition) is 4. The predicted molar refractivity (Wildman–Crippen MR) is 81.4 cm³/mol. The molecule has 122 valence electrons. The maximum Gasteiger partial charge on any atom is 0.223 e. The normalized spacial score (nSPS) is 26.5. The van der Waals surface area contributed by atoms with Crippen molar-refractivity contribution in [2.75, 3.05) is 12.8 Å². The Balaban J connectivity index is 1.90. The fourth-order valence-electron chi connectivity index (χ4n) is 3.23. The van der Waals surface area contributed by atoms with Crippen LogP contribution in [0.3, 0.4) is 0 Å². The summed E-state index contributed by atoms with van der Waals surface area (Å²) < 4.78 is 27.3. The standard InChI is InChI=1S/C14H22N4O3S/c1-17-8-7-15-14(17)13-10(9-16-22(2,20)21)3-6-12(19)18(13)11-4-5-11/h7-8,10-11,13,16H,3-6,9H2,1-2H3/t10-,13+/m1/s1. The molecule has 0 radical (unpaired) electrons. The van der Waals surface area contributed by atoms with E-state index in [-0.39, 0.29) is 23.9 Å². The van der Waals surface area contributed by atoms with Crippen LogP contribution in [0, 0.1) is 5.92 Å².